The van der Waals surface area contributed by atoms with E-state index in [4.69, 9.17) is 4.74 Å². The maximum atomic E-state index is 11.9. The van der Waals surface area contributed by atoms with E-state index in [1.165, 1.54) is 0 Å². The highest BCUT2D eigenvalue weighted by molar-refractivity contribution is 5.68. The van der Waals surface area contributed by atoms with Crippen molar-refractivity contribution in [2.75, 3.05) is 18.0 Å². The minimum absolute atomic E-state index is 0.0893. The van der Waals surface area contributed by atoms with Gasteiger partial charge in [-0.05, 0) is 40.0 Å². The van der Waals surface area contributed by atoms with Crippen LogP contribution >= 0.6 is 0 Å². The highest BCUT2D eigenvalue weighted by Crippen LogP contribution is 2.25. The summed E-state index contributed by atoms with van der Waals surface area (Å²) >= 11 is 0. The van der Waals surface area contributed by atoms with Crippen LogP contribution in [0.15, 0.2) is 12.4 Å². The normalized spacial score (nSPS) is 18.1. The van der Waals surface area contributed by atoms with Crippen molar-refractivity contribution in [1.82, 2.24) is 15.3 Å². The average Bonchev–Trinajstić information content (AvgIpc) is 2.95. The van der Waals surface area contributed by atoms with Crippen LogP contribution in [0.2, 0.25) is 0 Å². The van der Waals surface area contributed by atoms with Gasteiger partial charge < -0.3 is 15.0 Å². The summed E-state index contributed by atoms with van der Waals surface area (Å²) in [6.07, 6.45) is 4.35. The largest absolute Gasteiger partial charge is 0.444 e. The standard InChI is InChI=1S/C18H30N4O2/c1-6-13(7-2)15-10-16(20-12-19-15)22-9-8-14(11-22)21-17(23)24-18(3,4)5/h10,12-14H,6-9,11H2,1-5H3,(H,21,23). The number of hydrogen-bond acceptors (Lipinski definition) is 5. The molecule has 1 saturated heterocycles. The molecule has 0 aromatic carbocycles. The molecule has 2 heterocycles. The summed E-state index contributed by atoms with van der Waals surface area (Å²) in [6, 6.07) is 2.18. The molecule has 2 rings (SSSR count). The third kappa shape index (κ3) is 5.08. The lowest BCUT2D eigenvalue weighted by atomic mass is 9.99. The zero-order valence-electron chi connectivity index (χ0n) is 15.5. The van der Waals surface area contributed by atoms with Crippen molar-refractivity contribution in [1.29, 1.82) is 0 Å². The van der Waals surface area contributed by atoms with Crippen molar-refractivity contribution in [3.05, 3.63) is 18.1 Å². The molecule has 0 aliphatic carbocycles. The molecule has 1 amide bonds. The first-order chi connectivity index (χ1) is 11.3. The van der Waals surface area contributed by atoms with Gasteiger partial charge in [0.15, 0.2) is 0 Å². The van der Waals surface area contributed by atoms with Crippen LogP contribution in [-0.4, -0.2) is 40.8 Å². The van der Waals surface area contributed by atoms with Gasteiger partial charge >= 0.3 is 6.09 Å². The number of carbonyl (C=O) groups is 1. The third-order valence-corrected chi connectivity index (χ3v) is 4.31. The molecule has 1 unspecified atom stereocenters. The first-order valence-corrected chi connectivity index (χ1v) is 8.88. The maximum absolute atomic E-state index is 11.9. The van der Waals surface area contributed by atoms with E-state index in [2.05, 4.69) is 40.1 Å². The minimum atomic E-state index is -0.473. The van der Waals surface area contributed by atoms with Gasteiger partial charge in [0.1, 0.15) is 17.7 Å². The number of carbonyl (C=O) groups excluding carboxylic acids is 1. The molecule has 1 aromatic heterocycles. The molecule has 0 spiro atoms. The molecule has 1 fully saturated rings. The van der Waals surface area contributed by atoms with Gasteiger partial charge in [0.25, 0.3) is 0 Å². The lowest BCUT2D eigenvalue weighted by Gasteiger charge is -2.22. The van der Waals surface area contributed by atoms with Gasteiger partial charge in [0, 0.05) is 30.8 Å². The van der Waals surface area contributed by atoms with E-state index < -0.39 is 5.60 Å². The van der Waals surface area contributed by atoms with Gasteiger partial charge in [-0.3, -0.25) is 0 Å². The van der Waals surface area contributed by atoms with Gasteiger partial charge in [-0.25, -0.2) is 14.8 Å². The van der Waals surface area contributed by atoms with E-state index in [-0.39, 0.29) is 12.1 Å². The molecular formula is C18H30N4O2. The number of ether oxygens (including phenoxy) is 1. The van der Waals surface area contributed by atoms with Crippen molar-refractivity contribution in [2.45, 2.75) is 71.4 Å². The monoisotopic (exact) mass is 334 g/mol. The molecule has 6 nitrogen and oxygen atoms in total. The van der Waals surface area contributed by atoms with Crippen LogP contribution in [0.4, 0.5) is 10.6 Å². The van der Waals surface area contributed by atoms with Crippen molar-refractivity contribution in [3.8, 4) is 0 Å². The minimum Gasteiger partial charge on any atom is -0.444 e. The summed E-state index contributed by atoms with van der Waals surface area (Å²) in [4.78, 5) is 23.0. The summed E-state index contributed by atoms with van der Waals surface area (Å²) < 4.78 is 5.33. The fourth-order valence-corrected chi connectivity index (χ4v) is 3.03. The highest BCUT2D eigenvalue weighted by Gasteiger charge is 2.27. The van der Waals surface area contributed by atoms with Gasteiger partial charge in [-0.2, -0.15) is 0 Å². The predicted octanol–water partition coefficient (Wildman–Crippen LogP) is 3.48. The molecule has 134 valence electrons. The number of nitrogens with zero attached hydrogens (tertiary/aromatic N) is 3. The predicted molar refractivity (Wildman–Crippen MR) is 95.3 cm³/mol. The lowest BCUT2D eigenvalue weighted by molar-refractivity contribution is 0.0509. The first kappa shape index (κ1) is 18.5. The van der Waals surface area contributed by atoms with Crippen LogP contribution in [0.3, 0.4) is 0 Å². The Bertz CT molecular complexity index is 552. The number of alkyl carbamates (subject to hydrolysis) is 1. The van der Waals surface area contributed by atoms with Gasteiger partial charge in [-0.1, -0.05) is 13.8 Å². The summed E-state index contributed by atoms with van der Waals surface area (Å²) in [5.41, 5.74) is 0.632. The third-order valence-electron chi connectivity index (χ3n) is 4.31. The number of amides is 1. The second-order valence-electron chi connectivity index (χ2n) is 7.39. The molecular weight excluding hydrogens is 304 g/mol. The van der Waals surface area contributed by atoms with Crippen LogP contribution < -0.4 is 10.2 Å². The van der Waals surface area contributed by atoms with E-state index in [0.29, 0.717) is 5.92 Å². The average molecular weight is 334 g/mol. The number of nitrogens with one attached hydrogen (secondary N) is 1. The van der Waals surface area contributed by atoms with Crippen LogP contribution in [0, 0.1) is 0 Å². The molecule has 0 bridgehead atoms. The Hall–Kier alpha value is -1.85. The smallest absolute Gasteiger partial charge is 0.407 e. The summed E-state index contributed by atoms with van der Waals surface area (Å²) in [5.74, 6) is 1.42. The van der Waals surface area contributed by atoms with Crippen molar-refractivity contribution < 1.29 is 9.53 Å². The number of rotatable bonds is 5. The second-order valence-corrected chi connectivity index (χ2v) is 7.39. The van der Waals surface area contributed by atoms with Crippen LogP contribution in [0.25, 0.3) is 0 Å². The molecule has 0 radical (unpaired) electrons. The lowest BCUT2D eigenvalue weighted by Crippen LogP contribution is -2.40. The van der Waals surface area contributed by atoms with E-state index in [9.17, 15) is 4.79 Å². The van der Waals surface area contributed by atoms with E-state index in [0.717, 1.165) is 43.9 Å². The zero-order valence-corrected chi connectivity index (χ0v) is 15.5. The van der Waals surface area contributed by atoms with Crippen LogP contribution in [-0.2, 0) is 4.74 Å². The Labute approximate surface area is 145 Å². The Morgan fingerprint density at radius 3 is 2.71 bits per heavy atom. The van der Waals surface area contributed by atoms with Crippen LogP contribution in [0.1, 0.15) is 65.5 Å². The Morgan fingerprint density at radius 2 is 2.08 bits per heavy atom. The molecule has 1 N–H and O–H groups in total. The van der Waals surface area contributed by atoms with Crippen molar-refractivity contribution in [2.24, 2.45) is 0 Å². The molecule has 1 atom stereocenters. The SMILES string of the molecule is CCC(CC)c1cc(N2CCC(NC(=O)OC(C)(C)C)C2)ncn1. The highest BCUT2D eigenvalue weighted by atomic mass is 16.6. The Kier molecular flexibility index (Phi) is 6.02. The number of aromatic nitrogens is 2. The zero-order chi connectivity index (χ0) is 17.7. The molecule has 24 heavy (non-hydrogen) atoms. The first-order valence-electron chi connectivity index (χ1n) is 8.88. The fourth-order valence-electron chi connectivity index (χ4n) is 3.03. The molecule has 6 heteroatoms. The van der Waals surface area contributed by atoms with E-state index in [1.807, 2.05) is 20.8 Å². The fraction of sp³-hybridized carbons (Fsp3) is 0.722. The summed E-state index contributed by atoms with van der Waals surface area (Å²) in [6.45, 7) is 11.6. The van der Waals surface area contributed by atoms with E-state index in [1.54, 1.807) is 6.33 Å². The maximum Gasteiger partial charge on any atom is 0.407 e. The number of hydrogen-bond donors (Lipinski definition) is 1. The quantitative estimate of drug-likeness (QED) is 0.893. The van der Waals surface area contributed by atoms with Crippen LogP contribution in [0.5, 0.6) is 0 Å². The molecule has 1 aromatic rings. The topological polar surface area (TPSA) is 67.4 Å². The number of anilines is 1. The van der Waals surface area contributed by atoms with Gasteiger partial charge in [-0.15, -0.1) is 0 Å². The van der Waals surface area contributed by atoms with E-state index >= 15 is 0 Å². The summed E-state index contributed by atoms with van der Waals surface area (Å²) in [5, 5.41) is 2.95. The molecule has 1 aliphatic heterocycles. The van der Waals surface area contributed by atoms with Gasteiger partial charge in [0.05, 0.1) is 6.04 Å². The Balaban J connectivity index is 1.96. The molecule has 0 saturated carbocycles. The van der Waals surface area contributed by atoms with Crippen molar-refractivity contribution >= 4 is 11.9 Å². The molecule has 1 aliphatic rings. The second kappa shape index (κ2) is 7.81. The van der Waals surface area contributed by atoms with Crippen molar-refractivity contribution in [3.63, 3.8) is 0 Å². The Morgan fingerprint density at radius 1 is 1.38 bits per heavy atom. The summed E-state index contributed by atoms with van der Waals surface area (Å²) in [7, 11) is 0. The van der Waals surface area contributed by atoms with Gasteiger partial charge in [0.2, 0.25) is 0 Å².